The number of nitrogen functional groups attached to an aromatic ring is 1. The van der Waals surface area contributed by atoms with Gasteiger partial charge < -0.3 is 15.4 Å². The number of fused-ring (bicyclic) bond motifs is 1. The fraction of sp³-hybridized carbons (Fsp3) is 0.250. The first kappa shape index (κ1) is 7.64. The first-order valence-corrected chi connectivity index (χ1v) is 3.95. The SMILES string of the molecule is Nc1ccc2c(c1)B(O)OCC2. The first-order chi connectivity index (χ1) is 5.77. The molecule has 12 heavy (non-hydrogen) atoms. The summed E-state index contributed by atoms with van der Waals surface area (Å²) in [7, 11) is -0.794. The van der Waals surface area contributed by atoms with Crippen molar-refractivity contribution in [2.75, 3.05) is 12.3 Å². The van der Waals surface area contributed by atoms with Crippen LogP contribution in [0.15, 0.2) is 18.2 Å². The zero-order valence-electron chi connectivity index (χ0n) is 6.66. The molecule has 0 fully saturated rings. The van der Waals surface area contributed by atoms with Crippen LogP contribution in [0, 0.1) is 0 Å². The molecule has 1 aromatic carbocycles. The third-order valence-corrected chi connectivity index (χ3v) is 2.08. The minimum absolute atomic E-state index is 0.581. The Hall–Kier alpha value is -0.995. The summed E-state index contributed by atoms with van der Waals surface area (Å²) in [4.78, 5) is 0. The van der Waals surface area contributed by atoms with Crippen LogP contribution in [0.25, 0.3) is 0 Å². The summed E-state index contributed by atoms with van der Waals surface area (Å²) >= 11 is 0. The highest BCUT2D eigenvalue weighted by Crippen LogP contribution is 2.09. The number of nitrogens with two attached hydrogens (primary N) is 1. The van der Waals surface area contributed by atoms with Crippen LogP contribution in [0.3, 0.4) is 0 Å². The molecule has 0 saturated carbocycles. The lowest BCUT2D eigenvalue weighted by Gasteiger charge is -2.18. The van der Waals surface area contributed by atoms with E-state index in [1.165, 1.54) is 0 Å². The largest absolute Gasteiger partial charge is 0.491 e. The van der Waals surface area contributed by atoms with E-state index in [9.17, 15) is 5.02 Å². The quantitative estimate of drug-likeness (QED) is 0.401. The van der Waals surface area contributed by atoms with Crippen molar-refractivity contribution >= 4 is 18.3 Å². The summed E-state index contributed by atoms with van der Waals surface area (Å²) in [6.07, 6.45) is 0.854. The van der Waals surface area contributed by atoms with Crippen LogP contribution in [-0.4, -0.2) is 18.7 Å². The Bertz CT molecular complexity index is 303. The highest BCUT2D eigenvalue weighted by atomic mass is 16.5. The molecule has 1 heterocycles. The normalized spacial score (nSPS) is 15.9. The van der Waals surface area contributed by atoms with E-state index in [0.29, 0.717) is 12.3 Å². The lowest BCUT2D eigenvalue weighted by Crippen LogP contribution is -2.41. The Morgan fingerprint density at radius 2 is 2.33 bits per heavy atom. The van der Waals surface area contributed by atoms with Crippen LogP contribution in [-0.2, 0) is 11.1 Å². The van der Waals surface area contributed by atoms with Crippen LogP contribution in [0.1, 0.15) is 5.56 Å². The second-order valence-electron chi connectivity index (χ2n) is 2.93. The van der Waals surface area contributed by atoms with Gasteiger partial charge in [-0.2, -0.15) is 0 Å². The van der Waals surface area contributed by atoms with Gasteiger partial charge >= 0.3 is 7.12 Å². The molecule has 1 aliphatic rings. The topological polar surface area (TPSA) is 55.5 Å². The van der Waals surface area contributed by atoms with E-state index >= 15 is 0 Å². The molecule has 0 atom stereocenters. The second kappa shape index (κ2) is 2.81. The van der Waals surface area contributed by atoms with Crippen LogP contribution >= 0.6 is 0 Å². The Labute approximate surface area is 71.3 Å². The van der Waals surface area contributed by atoms with Crippen LogP contribution in [0.4, 0.5) is 5.69 Å². The number of hydrogen-bond acceptors (Lipinski definition) is 3. The molecule has 0 bridgehead atoms. The predicted molar refractivity (Wildman–Crippen MR) is 48.1 cm³/mol. The van der Waals surface area contributed by atoms with Crippen molar-refractivity contribution in [2.24, 2.45) is 0 Å². The van der Waals surface area contributed by atoms with E-state index in [4.69, 9.17) is 10.4 Å². The van der Waals surface area contributed by atoms with Gasteiger partial charge in [0.15, 0.2) is 0 Å². The molecule has 0 radical (unpaired) electrons. The maximum Gasteiger partial charge on any atom is 0.491 e. The number of rotatable bonds is 0. The minimum Gasteiger partial charge on any atom is -0.423 e. The molecule has 0 spiro atoms. The Balaban J connectivity index is 2.47. The lowest BCUT2D eigenvalue weighted by molar-refractivity contribution is 0.266. The van der Waals surface area contributed by atoms with E-state index in [1.54, 1.807) is 6.07 Å². The molecule has 62 valence electrons. The Kier molecular flexibility index (Phi) is 1.79. The third kappa shape index (κ3) is 1.19. The van der Waals surface area contributed by atoms with Crippen LogP contribution in [0.5, 0.6) is 0 Å². The molecule has 0 amide bonds. The van der Waals surface area contributed by atoms with E-state index < -0.39 is 7.12 Å². The molecular formula is C8H10BNO2. The van der Waals surface area contributed by atoms with Crippen LogP contribution < -0.4 is 11.2 Å². The maximum absolute atomic E-state index is 9.41. The zero-order chi connectivity index (χ0) is 8.55. The standard InChI is InChI=1S/C8H10BNO2/c10-7-2-1-6-3-4-12-9(11)8(6)5-7/h1-2,5,11H,3-4,10H2. The molecule has 0 aliphatic carbocycles. The van der Waals surface area contributed by atoms with Gasteiger partial charge in [-0.25, -0.2) is 0 Å². The lowest BCUT2D eigenvalue weighted by atomic mass is 9.73. The molecule has 0 unspecified atom stereocenters. The van der Waals surface area contributed by atoms with Gasteiger partial charge in [0.05, 0.1) is 0 Å². The van der Waals surface area contributed by atoms with Crippen molar-refractivity contribution in [2.45, 2.75) is 6.42 Å². The smallest absolute Gasteiger partial charge is 0.423 e. The van der Waals surface area contributed by atoms with Crippen molar-refractivity contribution in [3.63, 3.8) is 0 Å². The minimum atomic E-state index is -0.794. The molecule has 2 rings (SSSR count). The van der Waals surface area contributed by atoms with Gasteiger partial charge in [-0.3, -0.25) is 0 Å². The van der Waals surface area contributed by atoms with Crippen molar-refractivity contribution in [3.8, 4) is 0 Å². The molecule has 0 saturated heterocycles. The average Bonchev–Trinajstić information content (AvgIpc) is 2.07. The molecule has 3 nitrogen and oxygen atoms in total. The number of anilines is 1. The van der Waals surface area contributed by atoms with Gasteiger partial charge in [-0.15, -0.1) is 0 Å². The second-order valence-corrected chi connectivity index (χ2v) is 2.93. The molecule has 3 N–H and O–H groups in total. The fourth-order valence-electron chi connectivity index (χ4n) is 1.44. The van der Waals surface area contributed by atoms with Gasteiger partial charge in [0, 0.05) is 12.3 Å². The average molecular weight is 163 g/mol. The summed E-state index contributed by atoms with van der Waals surface area (Å²) in [6, 6.07) is 5.55. The van der Waals surface area contributed by atoms with Crippen molar-refractivity contribution in [1.29, 1.82) is 0 Å². The van der Waals surface area contributed by atoms with Gasteiger partial charge in [0.25, 0.3) is 0 Å². The van der Waals surface area contributed by atoms with Gasteiger partial charge in [0.1, 0.15) is 0 Å². The van der Waals surface area contributed by atoms with E-state index in [0.717, 1.165) is 17.4 Å². The summed E-state index contributed by atoms with van der Waals surface area (Å²) < 4.78 is 5.06. The maximum atomic E-state index is 9.41. The van der Waals surface area contributed by atoms with Crippen molar-refractivity contribution in [3.05, 3.63) is 23.8 Å². The Morgan fingerprint density at radius 3 is 3.17 bits per heavy atom. The molecular weight excluding hydrogens is 153 g/mol. The third-order valence-electron chi connectivity index (χ3n) is 2.08. The molecule has 4 heteroatoms. The monoisotopic (exact) mass is 163 g/mol. The molecule has 1 aliphatic heterocycles. The summed E-state index contributed by atoms with van der Waals surface area (Å²) in [5.41, 5.74) is 8.18. The summed E-state index contributed by atoms with van der Waals surface area (Å²) in [5.74, 6) is 0. The number of benzene rings is 1. The molecule has 0 aromatic heterocycles. The highest BCUT2D eigenvalue weighted by Gasteiger charge is 2.24. The van der Waals surface area contributed by atoms with Crippen molar-refractivity contribution in [1.82, 2.24) is 0 Å². The Morgan fingerprint density at radius 1 is 1.50 bits per heavy atom. The molecule has 1 aromatic rings. The van der Waals surface area contributed by atoms with E-state index in [2.05, 4.69) is 0 Å². The number of hydrogen-bond donors (Lipinski definition) is 2. The van der Waals surface area contributed by atoms with Gasteiger partial charge in [0.2, 0.25) is 0 Å². The van der Waals surface area contributed by atoms with Gasteiger partial charge in [-0.05, 0) is 29.6 Å². The summed E-state index contributed by atoms with van der Waals surface area (Å²) in [6.45, 7) is 0.581. The summed E-state index contributed by atoms with van der Waals surface area (Å²) in [5, 5.41) is 9.41. The van der Waals surface area contributed by atoms with E-state index in [-0.39, 0.29) is 0 Å². The van der Waals surface area contributed by atoms with E-state index in [1.807, 2.05) is 12.1 Å². The zero-order valence-corrected chi connectivity index (χ0v) is 6.66. The predicted octanol–water partition coefficient (Wildman–Crippen LogP) is -0.471. The highest BCUT2D eigenvalue weighted by molar-refractivity contribution is 6.61. The fourth-order valence-corrected chi connectivity index (χ4v) is 1.44. The van der Waals surface area contributed by atoms with Gasteiger partial charge in [-0.1, -0.05) is 6.07 Å². The van der Waals surface area contributed by atoms with Crippen molar-refractivity contribution < 1.29 is 9.68 Å². The first-order valence-electron chi connectivity index (χ1n) is 3.95. The van der Waals surface area contributed by atoms with Crippen LogP contribution in [0.2, 0.25) is 0 Å².